The van der Waals surface area contributed by atoms with Gasteiger partial charge in [0.1, 0.15) is 11.6 Å². The molecule has 25 heavy (non-hydrogen) atoms. The standard InChI is InChI=1S/C17H16FNO4S2/c18-14-7-5-13(6-8-14)11-25(21,22)19-12-17(20,15-3-1-9-23-15)16-4-2-10-24-16/h1-10,19-20H,11-12H2. The smallest absolute Gasteiger partial charge is 0.215 e. The molecule has 2 aromatic heterocycles. The minimum atomic E-state index is -3.73. The Morgan fingerprint density at radius 2 is 1.92 bits per heavy atom. The number of aliphatic hydroxyl groups is 1. The van der Waals surface area contributed by atoms with Crippen molar-refractivity contribution in [3.63, 3.8) is 0 Å². The third-order valence-corrected chi connectivity index (χ3v) is 5.99. The summed E-state index contributed by atoms with van der Waals surface area (Å²) in [6, 6.07) is 11.9. The molecule has 2 N–H and O–H groups in total. The maximum Gasteiger partial charge on any atom is 0.215 e. The van der Waals surface area contributed by atoms with Crippen molar-refractivity contribution in [1.82, 2.24) is 4.72 Å². The highest BCUT2D eigenvalue weighted by atomic mass is 32.2. The number of thiophene rings is 1. The molecule has 0 spiro atoms. The van der Waals surface area contributed by atoms with Gasteiger partial charge >= 0.3 is 0 Å². The van der Waals surface area contributed by atoms with Gasteiger partial charge in [-0.1, -0.05) is 18.2 Å². The predicted octanol–water partition coefficient (Wildman–Crippen LogP) is 2.84. The van der Waals surface area contributed by atoms with Crippen molar-refractivity contribution in [2.75, 3.05) is 6.54 Å². The number of halogens is 1. The zero-order valence-electron chi connectivity index (χ0n) is 13.1. The van der Waals surface area contributed by atoms with E-state index in [2.05, 4.69) is 4.72 Å². The molecule has 1 aromatic carbocycles. The molecule has 1 unspecified atom stereocenters. The lowest BCUT2D eigenvalue weighted by Crippen LogP contribution is -2.41. The van der Waals surface area contributed by atoms with Crippen molar-refractivity contribution in [3.05, 3.63) is 82.2 Å². The maximum atomic E-state index is 12.9. The Hall–Kier alpha value is -2.00. The average molecular weight is 381 g/mol. The van der Waals surface area contributed by atoms with Gasteiger partial charge in [0.05, 0.1) is 18.6 Å². The summed E-state index contributed by atoms with van der Waals surface area (Å²) in [6.45, 7) is -0.273. The molecular formula is C17H16FNO4S2. The van der Waals surface area contributed by atoms with Crippen LogP contribution < -0.4 is 4.72 Å². The second-order valence-electron chi connectivity index (χ2n) is 5.52. The molecule has 8 heteroatoms. The second kappa shape index (κ2) is 7.09. The van der Waals surface area contributed by atoms with E-state index in [1.807, 2.05) is 0 Å². The zero-order chi connectivity index (χ0) is 17.9. The molecule has 2 heterocycles. The SMILES string of the molecule is O=S(=O)(Cc1ccc(F)cc1)NCC(O)(c1ccco1)c1cccs1. The van der Waals surface area contributed by atoms with E-state index in [1.165, 1.54) is 41.9 Å². The molecule has 1 atom stereocenters. The van der Waals surface area contributed by atoms with Crippen LogP contribution in [-0.4, -0.2) is 20.1 Å². The molecule has 3 rings (SSSR count). The van der Waals surface area contributed by atoms with Gasteiger partial charge in [-0.15, -0.1) is 11.3 Å². The summed E-state index contributed by atoms with van der Waals surface area (Å²) in [4.78, 5) is 0.562. The summed E-state index contributed by atoms with van der Waals surface area (Å²) < 4.78 is 45.3. The van der Waals surface area contributed by atoms with Crippen molar-refractivity contribution in [1.29, 1.82) is 0 Å². The molecule has 0 bridgehead atoms. The van der Waals surface area contributed by atoms with Gasteiger partial charge in [0.2, 0.25) is 10.0 Å². The predicted molar refractivity (Wildman–Crippen MR) is 93.1 cm³/mol. The van der Waals surface area contributed by atoms with E-state index in [0.29, 0.717) is 10.4 Å². The van der Waals surface area contributed by atoms with E-state index in [1.54, 1.807) is 29.6 Å². The van der Waals surface area contributed by atoms with Gasteiger partial charge in [0.15, 0.2) is 5.60 Å². The fraction of sp³-hybridized carbons (Fsp3) is 0.176. The van der Waals surface area contributed by atoms with Crippen LogP contribution in [0.1, 0.15) is 16.2 Å². The molecule has 0 aliphatic rings. The van der Waals surface area contributed by atoms with Gasteiger partial charge in [-0.3, -0.25) is 0 Å². The molecule has 0 amide bonds. The summed E-state index contributed by atoms with van der Waals surface area (Å²) in [7, 11) is -3.73. The molecule has 0 saturated heterocycles. The molecule has 0 saturated carbocycles. The van der Waals surface area contributed by atoms with Crippen LogP contribution in [-0.2, 0) is 21.4 Å². The Balaban J connectivity index is 1.78. The minimum absolute atomic E-state index is 0.249. The first-order chi connectivity index (χ1) is 11.9. The van der Waals surface area contributed by atoms with Crippen LogP contribution in [0, 0.1) is 5.82 Å². The van der Waals surface area contributed by atoms with Crippen LogP contribution in [0.3, 0.4) is 0 Å². The molecule has 0 radical (unpaired) electrons. The highest BCUT2D eigenvalue weighted by Crippen LogP contribution is 2.32. The molecule has 5 nitrogen and oxygen atoms in total. The van der Waals surface area contributed by atoms with Crippen LogP contribution in [0.15, 0.2) is 64.6 Å². The molecular weight excluding hydrogens is 365 g/mol. The number of furan rings is 1. The lowest BCUT2D eigenvalue weighted by atomic mass is 9.99. The van der Waals surface area contributed by atoms with Gasteiger partial charge in [0, 0.05) is 4.88 Å². The second-order valence-corrected chi connectivity index (χ2v) is 8.28. The van der Waals surface area contributed by atoms with Crippen LogP contribution in [0.2, 0.25) is 0 Å². The number of hydrogen-bond acceptors (Lipinski definition) is 5. The van der Waals surface area contributed by atoms with Crippen LogP contribution in [0.4, 0.5) is 4.39 Å². The van der Waals surface area contributed by atoms with Crippen molar-refractivity contribution in [2.45, 2.75) is 11.4 Å². The lowest BCUT2D eigenvalue weighted by molar-refractivity contribution is 0.0655. The van der Waals surface area contributed by atoms with E-state index < -0.39 is 21.4 Å². The third kappa shape index (κ3) is 4.16. The minimum Gasteiger partial charge on any atom is -0.466 e. The number of nitrogens with one attached hydrogen (secondary N) is 1. The zero-order valence-corrected chi connectivity index (χ0v) is 14.7. The Morgan fingerprint density at radius 3 is 2.52 bits per heavy atom. The van der Waals surface area contributed by atoms with E-state index in [4.69, 9.17) is 4.42 Å². The van der Waals surface area contributed by atoms with Gasteiger partial charge in [-0.25, -0.2) is 17.5 Å². The Morgan fingerprint density at radius 1 is 1.16 bits per heavy atom. The first kappa shape index (κ1) is 17.8. The monoisotopic (exact) mass is 381 g/mol. The molecule has 0 aliphatic carbocycles. The maximum absolute atomic E-state index is 12.9. The summed E-state index contributed by atoms with van der Waals surface area (Å²) in [5.41, 5.74) is -1.15. The lowest BCUT2D eigenvalue weighted by Gasteiger charge is -2.25. The van der Waals surface area contributed by atoms with Crippen molar-refractivity contribution < 1.29 is 22.3 Å². The Kier molecular flexibility index (Phi) is 5.05. The summed E-state index contributed by atoms with van der Waals surface area (Å²) in [5.74, 6) is -0.496. The van der Waals surface area contributed by atoms with Crippen LogP contribution >= 0.6 is 11.3 Å². The molecule has 132 valence electrons. The van der Waals surface area contributed by atoms with E-state index in [0.717, 1.165) is 0 Å². The Labute approximate surface area is 148 Å². The summed E-state index contributed by atoms with van der Waals surface area (Å²) >= 11 is 1.30. The van der Waals surface area contributed by atoms with E-state index in [-0.39, 0.29) is 18.1 Å². The van der Waals surface area contributed by atoms with Gasteiger partial charge in [-0.05, 0) is 41.3 Å². The largest absolute Gasteiger partial charge is 0.466 e. The first-order valence-corrected chi connectivity index (χ1v) is 9.94. The third-order valence-electron chi connectivity index (χ3n) is 3.68. The topological polar surface area (TPSA) is 79.5 Å². The number of hydrogen-bond donors (Lipinski definition) is 2. The van der Waals surface area contributed by atoms with Gasteiger partial charge < -0.3 is 9.52 Å². The molecule has 3 aromatic rings. The first-order valence-electron chi connectivity index (χ1n) is 7.41. The summed E-state index contributed by atoms with van der Waals surface area (Å²) in [6.07, 6.45) is 1.42. The van der Waals surface area contributed by atoms with Crippen molar-refractivity contribution in [2.24, 2.45) is 0 Å². The highest BCUT2D eigenvalue weighted by Gasteiger charge is 2.36. The molecule has 0 fully saturated rings. The number of sulfonamides is 1. The van der Waals surface area contributed by atoms with E-state index in [9.17, 15) is 17.9 Å². The van der Waals surface area contributed by atoms with Crippen LogP contribution in [0.5, 0.6) is 0 Å². The molecule has 0 aliphatic heterocycles. The number of rotatable bonds is 7. The highest BCUT2D eigenvalue weighted by molar-refractivity contribution is 7.88. The quantitative estimate of drug-likeness (QED) is 0.660. The summed E-state index contributed by atoms with van der Waals surface area (Å²) in [5, 5.41) is 12.8. The van der Waals surface area contributed by atoms with Crippen molar-refractivity contribution >= 4 is 21.4 Å². The van der Waals surface area contributed by atoms with Crippen molar-refractivity contribution in [3.8, 4) is 0 Å². The number of benzene rings is 1. The fourth-order valence-electron chi connectivity index (χ4n) is 2.39. The van der Waals surface area contributed by atoms with Gasteiger partial charge in [0.25, 0.3) is 0 Å². The normalized spacial score (nSPS) is 14.3. The Bertz CT molecular complexity index is 870. The fourth-order valence-corrected chi connectivity index (χ4v) is 4.38. The van der Waals surface area contributed by atoms with Crippen LogP contribution in [0.25, 0.3) is 0 Å². The average Bonchev–Trinajstić information content (AvgIpc) is 3.28. The van der Waals surface area contributed by atoms with Gasteiger partial charge in [-0.2, -0.15) is 0 Å². The van der Waals surface area contributed by atoms with E-state index >= 15 is 0 Å².